The van der Waals surface area contributed by atoms with Crippen LogP contribution in [0, 0.1) is 0 Å². The highest BCUT2D eigenvalue weighted by Crippen LogP contribution is 2.30. The fraction of sp³-hybridized carbons (Fsp3) is 0.0833. The predicted molar refractivity (Wildman–Crippen MR) is 122 cm³/mol. The number of carbonyl (C=O) groups is 2. The molecule has 160 valence electrons. The van der Waals surface area contributed by atoms with Gasteiger partial charge in [-0.05, 0) is 24.3 Å². The SMILES string of the molecule is COc1ccccc1-c1nnc(SCC(=O)Nc2ccccc2C(=O)c2ccccc2)o1. The molecule has 8 heteroatoms. The number of amides is 1. The highest BCUT2D eigenvalue weighted by atomic mass is 32.2. The number of thioether (sulfide) groups is 1. The summed E-state index contributed by atoms with van der Waals surface area (Å²) in [5.74, 6) is 0.517. The smallest absolute Gasteiger partial charge is 0.277 e. The molecule has 32 heavy (non-hydrogen) atoms. The molecule has 1 aromatic heterocycles. The first-order valence-corrected chi connectivity index (χ1v) is 10.7. The molecule has 1 heterocycles. The van der Waals surface area contributed by atoms with Crippen molar-refractivity contribution in [2.24, 2.45) is 0 Å². The van der Waals surface area contributed by atoms with E-state index in [0.717, 1.165) is 11.8 Å². The average molecular weight is 446 g/mol. The zero-order chi connectivity index (χ0) is 22.3. The molecule has 1 N–H and O–H groups in total. The van der Waals surface area contributed by atoms with E-state index < -0.39 is 0 Å². The number of hydrogen-bond acceptors (Lipinski definition) is 7. The number of hydrogen-bond donors (Lipinski definition) is 1. The van der Waals surface area contributed by atoms with Crippen LogP contribution in [-0.2, 0) is 4.79 Å². The van der Waals surface area contributed by atoms with E-state index in [1.807, 2.05) is 24.3 Å². The summed E-state index contributed by atoms with van der Waals surface area (Å²) < 4.78 is 11.0. The van der Waals surface area contributed by atoms with Crippen LogP contribution in [0.3, 0.4) is 0 Å². The Labute approximate surface area is 188 Å². The Morgan fingerprint density at radius 2 is 1.66 bits per heavy atom. The van der Waals surface area contributed by atoms with Gasteiger partial charge in [0.1, 0.15) is 5.75 Å². The topological polar surface area (TPSA) is 94.3 Å². The molecule has 0 atom stereocenters. The molecule has 0 spiro atoms. The number of methoxy groups -OCH3 is 1. The van der Waals surface area contributed by atoms with Crippen molar-refractivity contribution in [1.29, 1.82) is 0 Å². The first kappa shape index (κ1) is 21.3. The number of para-hydroxylation sites is 2. The number of benzene rings is 3. The van der Waals surface area contributed by atoms with Crippen LogP contribution in [0.4, 0.5) is 5.69 Å². The number of ketones is 1. The van der Waals surface area contributed by atoms with Crippen molar-refractivity contribution in [3.8, 4) is 17.2 Å². The molecule has 0 unspecified atom stereocenters. The Bertz CT molecular complexity index is 1240. The molecule has 1 amide bonds. The first-order valence-electron chi connectivity index (χ1n) is 9.74. The van der Waals surface area contributed by atoms with Crippen molar-refractivity contribution in [2.45, 2.75) is 5.22 Å². The van der Waals surface area contributed by atoms with E-state index in [1.54, 1.807) is 61.7 Å². The van der Waals surface area contributed by atoms with E-state index in [1.165, 1.54) is 0 Å². The van der Waals surface area contributed by atoms with Gasteiger partial charge in [-0.3, -0.25) is 9.59 Å². The molecule has 0 aliphatic rings. The molecule has 0 radical (unpaired) electrons. The minimum Gasteiger partial charge on any atom is -0.496 e. The van der Waals surface area contributed by atoms with Crippen LogP contribution >= 0.6 is 11.8 Å². The molecule has 0 fully saturated rings. The number of nitrogens with one attached hydrogen (secondary N) is 1. The van der Waals surface area contributed by atoms with Gasteiger partial charge in [0.15, 0.2) is 5.78 Å². The van der Waals surface area contributed by atoms with Crippen molar-refractivity contribution in [2.75, 3.05) is 18.2 Å². The second-order valence-electron chi connectivity index (χ2n) is 6.65. The Hall–Kier alpha value is -3.91. The van der Waals surface area contributed by atoms with E-state index in [0.29, 0.717) is 34.0 Å². The van der Waals surface area contributed by atoms with Gasteiger partial charge >= 0.3 is 0 Å². The standard InChI is InChI=1S/C24H19N3O4S/c1-30-20-14-8-6-12-18(20)23-26-27-24(31-23)32-15-21(28)25-19-13-7-5-11-17(19)22(29)16-9-3-2-4-10-16/h2-14H,15H2,1H3,(H,25,28). The van der Waals surface area contributed by atoms with Crippen LogP contribution in [-0.4, -0.2) is 34.8 Å². The minimum atomic E-state index is -0.291. The summed E-state index contributed by atoms with van der Waals surface area (Å²) in [7, 11) is 1.57. The molecule has 0 saturated heterocycles. The van der Waals surface area contributed by atoms with Gasteiger partial charge in [0.05, 0.1) is 24.1 Å². The number of rotatable bonds is 8. The van der Waals surface area contributed by atoms with Gasteiger partial charge in [-0.1, -0.05) is 66.4 Å². The summed E-state index contributed by atoms with van der Waals surface area (Å²) in [5.41, 5.74) is 2.10. The lowest BCUT2D eigenvalue weighted by molar-refractivity contribution is -0.113. The maximum Gasteiger partial charge on any atom is 0.277 e. The second kappa shape index (κ2) is 9.93. The summed E-state index contributed by atoms with van der Waals surface area (Å²) in [6.07, 6.45) is 0. The third-order valence-electron chi connectivity index (χ3n) is 4.55. The fourth-order valence-electron chi connectivity index (χ4n) is 3.05. The van der Waals surface area contributed by atoms with Gasteiger partial charge in [-0.15, -0.1) is 10.2 Å². The van der Waals surface area contributed by atoms with Crippen LogP contribution < -0.4 is 10.1 Å². The lowest BCUT2D eigenvalue weighted by Gasteiger charge is -2.10. The van der Waals surface area contributed by atoms with E-state index in [2.05, 4.69) is 15.5 Å². The van der Waals surface area contributed by atoms with Crippen molar-refractivity contribution < 1.29 is 18.7 Å². The van der Waals surface area contributed by atoms with Crippen LogP contribution in [0.25, 0.3) is 11.5 Å². The molecule has 0 aliphatic heterocycles. The van der Waals surface area contributed by atoms with Gasteiger partial charge in [0, 0.05) is 11.1 Å². The maximum atomic E-state index is 12.8. The van der Waals surface area contributed by atoms with E-state index >= 15 is 0 Å². The van der Waals surface area contributed by atoms with Crippen LogP contribution in [0.15, 0.2) is 88.5 Å². The Morgan fingerprint density at radius 3 is 2.47 bits per heavy atom. The van der Waals surface area contributed by atoms with E-state index in [4.69, 9.17) is 9.15 Å². The van der Waals surface area contributed by atoms with Crippen LogP contribution in [0.2, 0.25) is 0 Å². The first-order chi connectivity index (χ1) is 15.7. The van der Waals surface area contributed by atoms with Gasteiger partial charge in [0.2, 0.25) is 5.91 Å². The van der Waals surface area contributed by atoms with E-state index in [-0.39, 0.29) is 22.7 Å². The number of anilines is 1. The number of carbonyl (C=O) groups excluding carboxylic acids is 2. The summed E-state index contributed by atoms with van der Waals surface area (Å²) in [4.78, 5) is 25.3. The van der Waals surface area contributed by atoms with Gasteiger partial charge in [-0.25, -0.2) is 0 Å². The lowest BCUT2D eigenvalue weighted by Crippen LogP contribution is -2.17. The second-order valence-corrected chi connectivity index (χ2v) is 7.58. The molecule has 3 aromatic carbocycles. The zero-order valence-electron chi connectivity index (χ0n) is 17.1. The van der Waals surface area contributed by atoms with E-state index in [9.17, 15) is 9.59 Å². The summed E-state index contributed by atoms with van der Waals surface area (Å²) in [6, 6.07) is 23.2. The highest BCUT2D eigenvalue weighted by Gasteiger charge is 2.17. The Morgan fingerprint density at radius 1 is 0.938 bits per heavy atom. The monoisotopic (exact) mass is 445 g/mol. The molecule has 4 rings (SSSR count). The molecule has 7 nitrogen and oxygen atoms in total. The van der Waals surface area contributed by atoms with Gasteiger partial charge < -0.3 is 14.5 Å². The summed E-state index contributed by atoms with van der Waals surface area (Å²) in [6.45, 7) is 0. The number of ether oxygens (including phenoxy) is 1. The van der Waals surface area contributed by atoms with Crippen molar-refractivity contribution in [3.05, 3.63) is 90.0 Å². The number of nitrogens with zero attached hydrogens (tertiary/aromatic N) is 2. The molecular formula is C24H19N3O4S. The number of aromatic nitrogens is 2. The average Bonchev–Trinajstić information content (AvgIpc) is 3.32. The predicted octanol–water partition coefficient (Wildman–Crippen LogP) is 4.71. The zero-order valence-corrected chi connectivity index (χ0v) is 18.0. The Balaban J connectivity index is 1.42. The molecule has 0 aliphatic carbocycles. The summed E-state index contributed by atoms with van der Waals surface area (Å²) >= 11 is 1.11. The fourth-order valence-corrected chi connectivity index (χ4v) is 3.61. The Kier molecular flexibility index (Phi) is 6.62. The normalized spacial score (nSPS) is 10.5. The molecule has 0 bridgehead atoms. The summed E-state index contributed by atoms with van der Waals surface area (Å²) in [5, 5.41) is 11.1. The van der Waals surface area contributed by atoms with Crippen molar-refractivity contribution in [3.63, 3.8) is 0 Å². The minimum absolute atomic E-state index is 0.0431. The molecule has 0 saturated carbocycles. The third kappa shape index (κ3) is 4.87. The maximum absolute atomic E-state index is 12.8. The highest BCUT2D eigenvalue weighted by molar-refractivity contribution is 7.99. The third-order valence-corrected chi connectivity index (χ3v) is 5.37. The lowest BCUT2D eigenvalue weighted by atomic mass is 10.0. The van der Waals surface area contributed by atoms with Gasteiger partial charge in [-0.2, -0.15) is 0 Å². The molecule has 4 aromatic rings. The van der Waals surface area contributed by atoms with Crippen molar-refractivity contribution >= 4 is 29.1 Å². The largest absolute Gasteiger partial charge is 0.496 e. The van der Waals surface area contributed by atoms with Crippen molar-refractivity contribution in [1.82, 2.24) is 10.2 Å². The van der Waals surface area contributed by atoms with Crippen LogP contribution in [0.1, 0.15) is 15.9 Å². The quantitative estimate of drug-likeness (QED) is 0.310. The van der Waals surface area contributed by atoms with Crippen LogP contribution in [0.5, 0.6) is 5.75 Å². The van der Waals surface area contributed by atoms with Gasteiger partial charge in [0.25, 0.3) is 11.1 Å². The molecular weight excluding hydrogens is 426 g/mol.